The van der Waals surface area contributed by atoms with Crippen LogP contribution in [0.15, 0.2) is 18.2 Å². The van der Waals surface area contributed by atoms with Gasteiger partial charge >= 0.3 is 0 Å². The minimum Gasteiger partial charge on any atom is -0.495 e. The first-order valence-electron chi connectivity index (χ1n) is 5.69. The average molecular weight is 233 g/mol. The van der Waals surface area contributed by atoms with E-state index in [1.54, 1.807) is 7.11 Å². The molecule has 0 aromatic heterocycles. The first kappa shape index (κ1) is 10.3. The van der Waals surface area contributed by atoms with Crippen LogP contribution in [0.4, 0.5) is 11.4 Å². The summed E-state index contributed by atoms with van der Waals surface area (Å²) < 4.78 is 5.20. The number of nitrogens with zero attached hydrogens (tertiary/aromatic N) is 1. The zero-order valence-electron chi connectivity index (χ0n) is 9.64. The van der Waals surface area contributed by atoms with Gasteiger partial charge in [-0.2, -0.15) is 0 Å². The number of nitrogens with one attached hydrogen (secondary N) is 1. The van der Waals surface area contributed by atoms with Gasteiger partial charge in [-0.25, -0.2) is 0 Å². The van der Waals surface area contributed by atoms with E-state index < -0.39 is 0 Å². The van der Waals surface area contributed by atoms with Gasteiger partial charge in [0, 0.05) is 24.3 Å². The summed E-state index contributed by atoms with van der Waals surface area (Å²) in [5.41, 5.74) is 7.39. The molecule has 1 aromatic carbocycles. The fourth-order valence-electron chi connectivity index (χ4n) is 2.65. The molecule has 2 bridgehead atoms. The first-order valence-corrected chi connectivity index (χ1v) is 5.69. The Balaban J connectivity index is 1.92. The number of benzene rings is 1. The average Bonchev–Trinajstić information content (AvgIpc) is 2.88. The van der Waals surface area contributed by atoms with Crippen molar-refractivity contribution in [3.05, 3.63) is 18.2 Å². The number of amides is 1. The van der Waals surface area contributed by atoms with Gasteiger partial charge in [0.25, 0.3) is 0 Å². The number of piperazine rings is 1. The molecule has 0 saturated carbocycles. The lowest BCUT2D eigenvalue weighted by Gasteiger charge is -2.28. The molecule has 1 aromatic rings. The second-order valence-corrected chi connectivity index (χ2v) is 4.54. The number of rotatable bonds is 2. The highest BCUT2D eigenvalue weighted by Crippen LogP contribution is 2.34. The molecule has 0 spiro atoms. The third-order valence-electron chi connectivity index (χ3n) is 3.50. The van der Waals surface area contributed by atoms with Gasteiger partial charge in [0.2, 0.25) is 5.91 Å². The molecule has 0 radical (unpaired) electrons. The van der Waals surface area contributed by atoms with E-state index in [0.29, 0.717) is 11.4 Å². The van der Waals surface area contributed by atoms with Crippen molar-refractivity contribution in [3.63, 3.8) is 0 Å². The molecule has 3 N–H and O–H groups in total. The monoisotopic (exact) mass is 233 g/mol. The number of nitrogens with two attached hydrogens (primary N) is 1. The summed E-state index contributed by atoms with van der Waals surface area (Å²) in [4.78, 5) is 13.7. The zero-order chi connectivity index (χ0) is 12.0. The Labute approximate surface area is 99.5 Å². The Morgan fingerprint density at radius 1 is 1.53 bits per heavy atom. The molecule has 2 aliphatic rings. The summed E-state index contributed by atoms with van der Waals surface area (Å²) in [5.74, 6) is 0.780. The molecule has 2 heterocycles. The highest BCUT2D eigenvalue weighted by atomic mass is 16.5. The first-order chi connectivity index (χ1) is 8.19. The standard InChI is InChI=1S/C12H15N3O2/c1-17-11-5-8(2-3-9(11)13)15-6-7-4-10(15)12(16)14-7/h2-3,5,7,10H,4,6,13H2,1H3,(H,14,16)/t7-,10-/m0/s1. The topological polar surface area (TPSA) is 67.6 Å². The maximum atomic E-state index is 11.6. The van der Waals surface area contributed by atoms with Crippen molar-refractivity contribution in [2.45, 2.75) is 18.5 Å². The molecule has 2 saturated heterocycles. The van der Waals surface area contributed by atoms with Gasteiger partial charge in [-0.15, -0.1) is 0 Å². The molecule has 90 valence electrons. The lowest BCUT2D eigenvalue weighted by Crippen LogP contribution is -2.47. The van der Waals surface area contributed by atoms with Crippen LogP contribution >= 0.6 is 0 Å². The van der Waals surface area contributed by atoms with E-state index in [-0.39, 0.29) is 18.0 Å². The molecular weight excluding hydrogens is 218 g/mol. The summed E-state index contributed by atoms with van der Waals surface area (Å²) >= 11 is 0. The van der Waals surface area contributed by atoms with Crippen LogP contribution in [0.2, 0.25) is 0 Å². The minimum absolute atomic E-state index is 0.0340. The van der Waals surface area contributed by atoms with Crippen molar-refractivity contribution in [1.29, 1.82) is 0 Å². The van der Waals surface area contributed by atoms with Gasteiger partial charge in [0.1, 0.15) is 11.8 Å². The third-order valence-corrected chi connectivity index (χ3v) is 3.50. The number of anilines is 2. The number of methoxy groups -OCH3 is 1. The van der Waals surface area contributed by atoms with Crippen LogP contribution in [-0.2, 0) is 4.79 Å². The van der Waals surface area contributed by atoms with Crippen LogP contribution in [0.1, 0.15) is 6.42 Å². The minimum atomic E-state index is -0.0340. The van der Waals surface area contributed by atoms with Crippen molar-refractivity contribution in [3.8, 4) is 5.75 Å². The second-order valence-electron chi connectivity index (χ2n) is 4.54. The lowest BCUT2D eigenvalue weighted by molar-refractivity contribution is -0.121. The van der Waals surface area contributed by atoms with Crippen LogP contribution in [0.5, 0.6) is 5.75 Å². The van der Waals surface area contributed by atoms with Crippen molar-refractivity contribution >= 4 is 17.3 Å². The highest BCUT2D eigenvalue weighted by Gasteiger charge is 2.44. The van der Waals surface area contributed by atoms with Gasteiger partial charge in [-0.3, -0.25) is 4.79 Å². The number of carbonyl (C=O) groups is 1. The van der Waals surface area contributed by atoms with Crippen molar-refractivity contribution < 1.29 is 9.53 Å². The zero-order valence-corrected chi connectivity index (χ0v) is 9.64. The number of hydrogen-bond donors (Lipinski definition) is 2. The van der Waals surface area contributed by atoms with Crippen LogP contribution in [0, 0.1) is 0 Å². The van der Waals surface area contributed by atoms with E-state index in [0.717, 1.165) is 18.7 Å². The fourth-order valence-corrected chi connectivity index (χ4v) is 2.65. The number of nitrogen functional groups attached to an aromatic ring is 1. The molecule has 0 unspecified atom stereocenters. The van der Waals surface area contributed by atoms with E-state index in [2.05, 4.69) is 10.2 Å². The molecule has 5 nitrogen and oxygen atoms in total. The molecule has 0 aliphatic carbocycles. The molecule has 1 amide bonds. The predicted octanol–water partition coefficient (Wildman–Crippen LogP) is 0.354. The van der Waals surface area contributed by atoms with E-state index >= 15 is 0 Å². The smallest absolute Gasteiger partial charge is 0.243 e. The molecule has 3 rings (SSSR count). The Morgan fingerprint density at radius 2 is 2.35 bits per heavy atom. The fraction of sp³-hybridized carbons (Fsp3) is 0.417. The third kappa shape index (κ3) is 1.50. The van der Waals surface area contributed by atoms with Gasteiger partial charge in [-0.1, -0.05) is 0 Å². The number of carbonyl (C=O) groups excluding carboxylic acids is 1. The summed E-state index contributed by atoms with van der Waals surface area (Å²) in [6.45, 7) is 0.865. The van der Waals surface area contributed by atoms with Crippen molar-refractivity contribution in [1.82, 2.24) is 5.32 Å². The van der Waals surface area contributed by atoms with Crippen LogP contribution in [0.25, 0.3) is 0 Å². The van der Waals surface area contributed by atoms with Gasteiger partial charge in [0.15, 0.2) is 0 Å². The van der Waals surface area contributed by atoms with E-state index in [1.165, 1.54) is 0 Å². The SMILES string of the molecule is COc1cc(N2C[C@@H]3C[C@H]2C(=O)N3)ccc1N. The summed E-state index contributed by atoms with van der Waals surface area (Å²) in [6.07, 6.45) is 0.894. The van der Waals surface area contributed by atoms with E-state index in [9.17, 15) is 4.79 Å². The van der Waals surface area contributed by atoms with Gasteiger partial charge < -0.3 is 20.7 Å². The number of hydrogen-bond acceptors (Lipinski definition) is 4. The normalized spacial score (nSPS) is 26.2. The molecule has 2 aliphatic heterocycles. The molecule has 2 fully saturated rings. The summed E-state index contributed by atoms with van der Waals surface area (Å²) in [6, 6.07) is 5.90. The molecule has 5 heteroatoms. The van der Waals surface area contributed by atoms with Gasteiger partial charge in [0.05, 0.1) is 12.8 Å². The molecule has 17 heavy (non-hydrogen) atoms. The maximum Gasteiger partial charge on any atom is 0.243 e. The van der Waals surface area contributed by atoms with Crippen molar-refractivity contribution in [2.24, 2.45) is 0 Å². The van der Waals surface area contributed by atoms with Crippen LogP contribution < -0.4 is 20.7 Å². The Bertz CT molecular complexity index is 475. The quantitative estimate of drug-likeness (QED) is 0.723. The van der Waals surface area contributed by atoms with Crippen LogP contribution in [0.3, 0.4) is 0 Å². The Morgan fingerprint density at radius 3 is 3.00 bits per heavy atom. The summed E-state index contributed by atoms with van der Waals surface area (Å²) in [5, 5.41) is 2.96. The number of ether oxygens (including phenoxy) is 1. The largest absolute Gasteiger partial charge is 0.495 e. The maximum absolute atomic E-state index is 11.6. The van der Waals surface area contributed by atoms with Crippen molar-refractivity contribution in [2.75, 3.05) is 24.3 Å². The van der Waals surface area contributed by atoms with Crippen LogP contribution in [-0.4, -0.2) is 31.6 Å². The summed E-state index contributed by atoms with van der Waals surface area (Å²) in [7, 11) is 1.60. The Hall–Kier alpha value is -1.91. The van der Waals surface area contributed by atoms with Gasteiger partial charge in [-0.05, 0) is 18.6 Å². The highest BCUT2D eigenvalue weighted by molar-refractivity contribution is 5.90. The van der Waals surface area contributed by atoms with E-state index in [1.807, 2.05) is 18.2 Å². The van der Waals surface area contributed by atoms with E-state index in [4.69, 9.17) is 10.5 Å². The molecular formula is C12H15N3O2. The lowest BCUT2D eigenvalue weighted by atomic mass is 10.2. The number of fused-ring (bicyclic) bond motifs is 2. The molecule has 2 atom stereocenters. The second kappa shape index (κ2) is 3.55. The predicted molar refractivity (Wildman–Crippen MR) is 65.1 cm³/mol. The Kier molecular flexibility index (Phi) is 2.14.